The van der Waals surface area contributed by atoms with E-state index >= 15 is 0 Å². The van der Waals surface area contributed by atoms with Crippen LogP contribution in [0.1, 0.15) is 42.6 Å². The number of amides is 1. The predicted molar refractivity (Wildman–Crippen MR) is 126 cm³/mol. The van der Waals surface area contributed by atoms with E-state index in [1.807, 2.05) is 0 Å². The maximum Gasteiger partial charge on any atom is 0.416 e. The summed E-state index contributed by atoms with van der Waals surface area (Å²) in [5.41, 5.74) is -0.808. The zero-order valence-electron chi connectivity index (χ0n) is 18.0. The van der Waals surface area contributed by atoms with Gasteiger partial charge in [0.1, 0.15) is 12.2 Å². The van der Waals surface area contributed by atoms with Gasteiger partial charge in [0.2, 0.25) is 0 Å². The molecule has 2 rings (SSSR count). The number of halogens is 5. The topological polar surface area (TPSA) is 92.4 Å². The molecule has 0 radical (unpaired) electrons. The molecule has 1 fully saturated rings. The number of amidine groups is 1. The number of allylic oxidation sites excluding steroid dienone is 3. The Morgan fingerprint density at radius 1 is 1.33 bits per heavy atom. The molecule has 1 aliphatic rings. The molecule has 33 heavy (non-hydrogen) atoms. The normalized spacial score (nSPS) is 16.3. The minimum atomic E-state index is -4.65. The summed E-state index contributed by atoms with van der Waals surface area (Å²) in [4.78, 5) is 18.8. The summed E-state index contributed by atoms with van der Waals surface area (Å²) in [6.45, 7) is 3.60. The van der Waals surface area contributed by atoms with Crippen molar-refractivity contribution in [2.75, 3.05) is 6.54 Å². The molecule has 1 atom stereocenters. The summed E-state index contributed by atoms with van der Waals surface area (Å²) in [6, 6.07) is 2.02. The summed E-state index contributed by atoms with van der Waals surface area (Å²) in [5.74, 6) is -0.219. The number of alkyl halides is 3. The molecule has 6 nitrogen and oxygen atoms in total. The highest BCUT2D eigenvalue weighted by Gasteiger charge is 2.35. The molecule has 178 valence electrons. The Bertz CT molecular complexity index is 996. The molecular formula is C22H24Cl2F3N5O. The number of rotatable bonds is 9. The fourth-order valence-corrected chi connectivity index (χ4v) is 3.43. The third kappa shape index (κ3) is 8.01. The molecule has 1 aromatic rings. The van der Waals surface area contributed by atoms with Crippen LogP contribution in [0.15, 0.2) is 46.1 Å². The van der Waals surface area contributed by atoms with E-state index < -0.39 is 23.7 Å². The van der Waals surface area contributed by atoms with Crippen molar-refractivity contribution < 1.29 is 18.0 Å². The standard InChI is InChI=1S/C22H24Cl2F3N5O/c1-13(23)7-19(5-6-28)31-20(30-12-29)14(2)32(11-15-3-4-15)21(33)16-8-17(22(25,26)27)10-18(24)9-16/h5-10,12,14-15,28H,3-4,11H2,1-2H3,(H2,29,30,31)/b13-7+,19-5+,28-6?. The molecule has 11 heteroatoms. The highest BCUT2D eigenvalue weighted by Crippen LogP contribution is 2.34. The largest absolute Gasteiger partial charge is 0.416 e. The van der Waals surface area contributed by atoms with Crippen molar-refractivity contribution in [1.82, 2.24) is 10.2 Å². The lowest BCUT2D eigenvalue weighted by atomic mass is 10.1. The van der Waals surface area contributed by atoms with Gasteiger partial charge in [-0.2, -0.15) is 13.2 Å². The van der Waals surface area contributed by atoms with Crippen LogP contribution in [-0.4, -0.2) is 41.8 Å². The zero-order chi connectivity index (χ0) is 24.8. The molecule has 0 aliphatic heterocycles. The van der Waals surface area contributed by atoms with Gasteiger partial charge in [-0.05, 0) is 63.0 Å². The van der Waals surface area contributed by atoms with Gasteiger partial charge in [0.25, 0.3) is 5.91 Å². The van der Waals surface area contributed by atoms with E-state index in [1.54, 1.807) is 19.9 Å². The van der Waals surface area contributed by atoms with E-state index in [-0.39, 0.29) is 22.3 Å². The summed E-state index contributed by atoms with van der Waals surface area (Å²) in [7, 11) is 0. The van der Waals surface area contributed by atoms with Crippen LogP contribution in [0.4, 0.5) is 13.2 Å². The monoisotopic (exact) mass is 501 g/mol. The number of aliphatic imine (C=N–C) groups is 1. The molecule has 0 heterocycles. The van der Waals surface area contributed by atoms with Crippen molar-refractivity contribution >= 4 is 47.5 Å². The Balaban J connectivity index is 2.44. The van der Waals surface area contributed by atoms with Gasteiger partial charge in [0.05, 0.1) is 11.6 Å². The average molecular weight is 502 g/mol. The maximum atomic E-state index is 13.4. The van der Waals surface area contributed by atoms with Crippen LogP contribution < -0.4 is 5.32 Å². The average Bonchev–Trinajstić information content (AvgIpc) is 3.53. The first-order chi connectivity index (χ1) is 15.5. The number of carbonyl (C=O) groups excluding carboxylic acids is 1. The van der Waals surface area contributed by atoms with Crippen molar-refractivity contribution in [2.45, 2.75) is 38.9 Å². The zero-order valence-corrected chi connectivity index (χ0v) is 19.5. The second kappa shape index (κ2) is 11.5. The van der Waals surface area contributed by atoms with Crippen molar-refractivity contribution in [3.05, 3.63) is 57.2 Å². The number of nitrogens with zero attached hydrogens (tertiary/aromatic N) is 2. The molecule has 1 aromatic carbocycles. The second-order valence-electron chi connectivity index (χ2n) is 7.59. The summed E-state index contributed by atoms with van der Waals surface area (Å²) < 4.78 is 39.8. The quantitative estimate of drug-likeness (QED) is 0.224. The maximum absolute atomic E-state index is 13.4. The van der Waals surface area contributed by atoms with Gasteiger partial charge in [-0.3, -0.25) is 10.2 Å². The molecule has 1 aliphatic carbocycles. The summed E-state index contributed by atoms with van der Waals surface area (Å²) in [6.07, 6.45) is 1.92. The van der Waals surface area contributed by atoms with E-state index in [9.17, 15) is 18.0 Å². The minimum absolute atomic E-state index is 0.191. The Morgan fingerprint density at radius 2 is 2.00 bits per heavy atom. The third-order valence-corrected chi connectivity index (χ3v) is 5.17. The molecule has 0 spiro atoms. The first-order valence-corrected chi connectivity index (χ1v) is 10.8. The number of hydrogen-bond acceptors (Lipinski definition) is 3. The number of nitrogens with one attached hydrogen (secondary N) is 3. The molecular weight excluding hydrogens is 478 g/mol. The lowest BCUT2D eigenvalue weighted by Gasteiger charge is -2.31. The van der Waals surface area contributed by atoms with Gasteiger partial charge >= 0.3 is 6.18 Å². The molecule has 0 saturated heterocycles. The van der Waals surface area contributed by atoms with Crippen molar-refractivity contribution in [2.24, 2.45) is 10.9 Å². The molecule has 1 unspecified atom stereocenters. The van der Waals surface area contributed by atoms with E-state index in [4.69, 9.17) is 34.0 Å². The van der Waals surface area contributed by atoms with Crippen LogP contribution in [0.25, 0.3) is 0 Å². The summed E-state index contributed by atoms with van der Waals surface area (Å²) >= 11 is 11.8. The Hall–Kier alpha value is -2.65. The van der Waals surface area contributed by atoms with Gasteiger partial charge in [-0.1, -0.05) is 23.2 Å². The first kappa shape index (κ1) is 26.6. The van der Waals surface area contributed by atoms with Crippen molar-refractivity contribution in [1.29, 1.82) is 10.8 Å². The third-order valence-electron chi connectivity index (χ3n) is 4.84. The second-order valence-corrected chi connectivity index (χ2v) is 8.62. The smallest absolute Gasteiger partial charge is 0.342 e. The molecule has 0 aromatic heterocycles. The molecule has 1 amide bonds. The van der Waals surface area contributed by atoms with Crippen molar-refractivity contribution in [3.63, 3.8) is 0 Å². The van der Waals surface area contributed by atoms with Crippen LogP contribution in [0.5, 0.6) is 0 Å². The molecule has 0 bridgehead atoms. The van der Waals surface area contributed by atoms with Crippen LogP contribution in [0.3, 0.4) is 0 Å². The van der Waals surface area contributed by atoms with Crippen molar-refractivity contribution in [3.8, 4) is 0 Å². The van der Waals surface area contributed by atoms with Crippen LogP contribution in [0.2, 0.25) is 5.02 Å². The number of benzene rings is 1. The minimum Gasteiger partial charge on any atom is -0.342 e. The fraction of sp³-hybridized carbons (Fsp3) is 0.364. The van der Waals surface area contributed by atoms with E-state index in [0.717, 1.165) is 37.5 Å². The SMILES string of the molecule is C/C(Cl)=C\C(=C/C=N)N/C(=N\C=N)C(C)N(CC1CC1)C(=O)c1cc(Cl)cc(C(F)(F)F)c1. The molecule has 3 N–H and O–H groups in total. The number of hydrogen-bond donors (Lipinski definition) is 3. The van der Waals surface area contributed by atoms with Crippen LogP contribution >= 0.6 is 23.2 Å². The van der Waals surface area contributed by atoms with Gasteiger partial charge in [0, 0.05) is 34.1 Å². The van der Waals surface area contributed by atoms with E-state index in [0.29, 0.717) is 17.3 Å². The Morgan fingerprint density at radius 3 is 2.52 bits per heavy atom. The fourth-order valence-electron chi connectivity index (χ4n) is 3.08. The number of carbonyl (C=O) groups is 1. The summed E-state index contributed by atoms with van der Waals surface area (Å²) in [5, 5.41) is 17.9. The molecule has 1 saturated carbocycles. The van der Waals surface area contributed by atoms with Crippen LogP contribution in [0, 0.1) is 16.7 Å². The van der Waals surface area contributed by atoms with Gasteiger partial charge in [-0.25, -0.2) is 4.99 Å². The first-order valence-electron chi connectivity index (χ1n) is 10.0. The van der Waals surface area contributed by atoms with Crippen LogP contribution in [-0.2, 0) is 6.18 Å². The van der Waals surface area contributed by atoms with E-state index in [2.05, 4.69) is 10.3 Å². The van der Waals surface area contributed by atoms with Gasteiger partial charge in [-0.15, -0.1) is 0 Å². The predicted octanol–water partition coefficient (Wildman–Crippen LogP) is 5.87. The highest BCUT2D eigenvalue weighted by molar-refractivity contribution is 6.31. The van der Waals surface area contributed by atoms with E-state index in [1.165, 1.54) is 17.0 Å². The van der Waals surface area contributed by atoms with Gasteiger partial charge < -0.3 is 15.6 Å². The Kier molecular flexibility index (Phi) is 9.25. The van der Waals surface area contributed by atoms with Gasteiger partial charge in [0.15, 0.2) is 0 Å². The Labute approximate surface area is 200 Å². The lowest BCUT2D eigenvalue weighted by molar-refractivity contribution is -0.137. The lowest BCUT2D eigenvalue weighted by Crippen LogP contribution is -2.48. The highest BCUT2D eigenvalue weighted by atomic mass is 35.5.